The zero-order valence-electron chi connectivity index (χ0n) is 10.4. The van der Waals surface area contributed by atoms with Crippen LogP contribution in [0.2, 0.25) is 0 Å². The van der Waals surface area contributed by atoms with Gasteiger partial charge in [-0.05, 0) is 12.5 Å². The molecule has 0 aliphatic heterocycles. The van der Waals surface area contributed by atoms with Gasteiger partial charge in [0.2, 0.25) is 0 Å². The molecule has 0 spiro atoms. The molecule has 0 radical (unpaired) electrons. The van der Waals surface area contributed by atoms with Crippen LogP contribution in [0.3, 0.4) is 0 Å². The number of nitro benzene ring substituents is 1. The molecular formula is C12H14F3NO3. The topological polar surface area (TPSA) is 63.4 Å². The van der Waals surface area contributed by atoms with E-state index in [1.54, 1.807) is 13.8 Å². The van der Waals surface area contributed by atoms with Crippen LogP contribution in [0, 0.1) is 10.1 Å². The molecule has 7 heteroatoms. The van der Waals surface area contributed by atoms with Crippen molar-refractivity contribution < 1.29 is 23.2 Å². The van der Waals surface area contributed by atoms with Crippen LogP contribution >= 0.6 is 0 Å². The van der Waals surface area contributed by atoms with Gasteiger partial charge in [-0.3, -0.25) is 10.1 Å². The highest BCUT2D eigenvalue weighted by Gasteiger charge is 2.34. The number of nitro groups is 1. The fourth-order valence-corrected chi connectivity index (χ4v) is 1.82. The Bertz CT molecular complexity index is 474. The number of hydrogen-bond donors (Lipinski definition) is 1. The summed E-state index contributed by atoms with van der Waals surface area (Å²) in [5, 5.41) is 20.5. The summed E-state index contributed by atoms with van der Waals surface area (Å²) in [6.07, 6.45) is -5.11. The summed E-state index contributed by atoms with van der Waals surface area (Å²) < 4.78 is 37.6. The van der Waals surface area contributed by atoms with Crippen molar-refractivity contribution in [1.82, 2.24) is 0 Å². The molecule has 0 aliphatic carbocycles. The third-order valence-electron chi connectivity index (χ3n) is 3.04. The monoisotopic (exact) mass is 277 g/mol. The number of rotatable bonds is 4. The van der Waals surface area contributed by atoms with Gasteiger partial charge in [0.15, 0.2) is 0 Å². The third kappa shape index (κ3) is 3.44. The van der Waals surface area contributed by atoms with Gasteiger partial charge in [0, 0.05) is 17.5 Å². The lowest BCUT2D eigenvalue weighted by molar-refractivity contribution is -0.386. The Morgan fingerprint density at radius 3 is 2.42 bits per heavy atom. The molecule has 0 saturated heterocycles. The molecular weight excluding hydrogens is 263 g/mol. The predicted octanol–water partition coefficient (Wildman–Crippen LogP) is 3.49. The number of hydrogen-bond acceptors (Lipinski definition) is 3. The van der Waals surface area contributed by atoms with Crippen LogP contribution in [0.15, 0.2) is 18.2 Å². The van der Waals surface area contributed by atoms with Gasteiger partial charge in [0.25, 0.3) is 5.69 Å². The fourth-order valence-electron chi connectivity index (χ4n) is 1.82. The second kappa shape index (κ2) is 5.56. The van der Waals surface area contributed by atoms with Gasteiger partial charge in [-0.25, -0.2) is 0 Å². The summed E-state index contributed by atoms with van der Waals surface area (Å²) in [5.74, 6) is -0.604. The average molecular weight is 277 g/mol. The summed E-state index contributed by atoms with van der Waals surface area (Å²) in [4.78, 5) is 10.0. The van der Waals surface area contributed by atoms with E-state index in [1.165, 1.54) is 0 Å². The maximum Gasteiger partial charge on any atom is 0.416 e. The number of aliphatic hydroxyl groups is 1. The van der Waals surface area contributed by atoms with E-state index < -0.39 is 34.4 Å². The molecule has 1 N–H and O–H groups in total. The number of alkyl halides is 3. The smallest absolute Gasteiger partial charge is 0.393 e. The first kappa shape index (κ1) is 15.4. The van der Waals surface area contributed by atoms with Gasteiger partial charge in [0.05, 0.1) is 16.6 Å². The van der Waals surface area contributed by atoms with E-state index in [1.807, 2.05) is 0 Å². The fraction of sp³-hybridized carbons (Fsp3) is 0.500. The lowest BCUT2D eigenvalue weighted by atomic mass is 9.91. The van der Waals surface area contributed by atoms with Crippen molar-refractivity contribution >= 4 is 5.69 Å². The lowest BCUT2D eigenvalue weighted by Gasteiger charge is -2.18. The molecule has 2 atom stereocenters. The second-order valence-corrected chi connectivity index (χ2v) is 4.29. The summed E-state index contributed by atoms with van der Waals surface area (Å²) in [6, 6.07) is 2.36. The first-order chi connectivity index (χ1) is 8.68. The Morgan fingerprint density at radius 2 is 2.00 bits per heavy atom. The van der Waals surface area contributed by atoms with Gasteiger partial charge in [0.1, 0.15) is 0 Å². The van der Waals surface area contributed by atoms with Crippen LogP contribution in [-0.2, 0) is 6.18 Å². The summed E-state index contributed by atoms with van der Waals surface area (Å²) in [5.41, 5.74) is -1.58. The molecule has 0 heterocycles. The van der Waals surface area contributed by atoms with Crippen molar-refractivity contribution in [1.29, 1.82) is 0 Å². The van der Waals surface area contributed by atoms with Crippen molar-refractivity contribution in [3.8, 4) is 0 Å². The molecule has 0 fully saturated rings. The molecule has 19 heavy (non-hydrogen) atoms. The molecule has 0 bridgehead atoms. The minimum atomic E-state index is -4.63. The Labute approximate surface area is 108 Å². The minimum Gasteiger partial charge on any atom is -0.393 e. The van der Waals surface area contributed by atoms with E-state index in [9.17, 15) is 28.4 Å². The van der Waals surface area contributed by atoms with E-state index in [4.69, 9.17) is 0 Å². The van der Waals surface area contributed by atoms with Crippen LogP contribution in [0.5, 0.6) is 0 Å². The van der Waals surface area contributed by atoms with E-state index in [0.717, 1.165) is 12.1 Å². The van der Waals surface area contributed by atoms with Gasteiger partial charge in [-0.1, -0.05) is 19.9 Å². The van der Waals surface area contributed by atoms with Gasteiger partial charge in [-0.15, -0.1) is 0 Å². The minimum absolute atomic E-state index is 0.104. The summed E-state index contributed by atoms with van der Waals surface area (Å²) >= 11 is 0. The van der Waals surface area contributed by atoms with Crippen molar-refractivity contribution in [2.75, 3.05) is 0 Å². The first-order valence-electron chi connectivity index (χ1n) is 5.72. The van der Waals surface area contributed by atoms with Crippen molar-refractivity contribution in [2.45, 2.75) is 38.5 Å². The lowest BCUT2D eigenvalue weighted by Crippen LogP contribution is -2.16. The van der Waals surface area contributed by atoms with E-state index in [2.05, 4.69) is 0 Å². The Morgan fingerprint density at radius 1 is 1.42 bits per heavy atom. The SMILES string of the molecule is CCC(O)C(C)c1ccc(C(F)(F)F)cc1[N+](=O)[O-]. The van der Waals surface area contributed by atoms with E-state index in [-0.39, 0.29) is 5.56 Å². The van der Waals surface area contributed by atoms with E-state index in [0.29, 0.717) is 12.5 Å². The zero-order chi connectivity index (χ0) is 14.8. The van der Waals surface area contributed by atoms with Crippen LogP contribution in [-0.4, -0.2) is 16.1 Å². The molecule has 1 aromatic rings. The van der Waals surface area contributed by atoms with Crippen LogP contribution < -0.4 is 0 Å². The molecule has 0 aliphatic rings. The normalized spacial score (nSPS) is 15.1. The van der Waals surface area contributed by atoms with Gasteiger partial charge in [-0.2, -0.15) is 13.2 Å². The highest BCUT2D eigenvalue weighted by atomic mass is 19.4. The number of benzene rings is 1. The maximum absolute atomic E-state index is 12.5. The number of aliphatic hydroxyl groups excluding tert-OH is 1. The Kier molecular flexibility index (Phi) is 4.52. The van der Waals surface area contributed by atoms with Crippen LogP contribution in [0.4, 0.5) is 18.9 Å². The van der Waals surface area contributed by atoms with Crippen molar-refractivity contribution in [3.05, 3.63) is 39.4 Å². The number of halogens is 3. The van der Waals surface area contributed by atoms with E-state index >= 15 is 0 Å². The highest BCUT2D eigenvalue weighted by molar-refractivity contribution is 5.46. The second-order valence-electron chi connectivity index (χ2n) is 4.29. The highest BCUT2D eigenvalue weighted by Crippen LogP contribution is 2.36. The zero-order valence-corrected chi connectivity index (χ0v) is 10.4. The quantitative estimate of drug-likeness (QED) is 0.676. The molecule has 1 aromatic carbocycles. The summed E-state index contributed by atoms with van der Waals surface area (Å²) in [7, 11) is 0. The Balaban J connectivity index is 3.31. The molecule has 4 nitrogen and oxygen atoms in total. The predicted molar refractivity (Wildman–Crippen MR) is 62.8 cm³/mol. The van der Waals surface area contributed by atoms with Crippen LogP contribution in [0.1, 0.15) is 37.3 Å². The van der Waals surface area contributed by atoms with Crippen molar-refractivity contribution in [3.63, 3.8) is 0 Å². The van der Waals surface area contributed by atoms with Gasteiger partial charge >= 0.3 is 6.18 Å². The largest absolute Gasteiger partial charge is 0.416 e. The maximum atomic E-state index is 12.5. The van der Waals surface area contributed by atoms with Crippen molar-refractivity contribution in [2.24, 2.45) is 0 Å². The molecule has 106 valence electrons. The average Bonchev–Trinajstić information content (AvgIpc) is 2.35. The standard InChI is InChI=1S/C12H14F3NO3/c1-3-11(17)7(2)9-5-4-8(12(13,14)15)6-10(9)16(18)19/h4-7,11,17H,3H2,1-2H3. The third-order valence-corrected chi connectivity index (χ3v) is 3.04. The van der Waals surface area contributed by atoms with Gasteiger partial charge < -0.3 is 5.11 Å². The first-order valence-corrected chi connectivity index (χ1v) is 5.72. The van der Waals surface area contributed by atoms with Crippen LogP contribution in [0.25, 0.3) is 0 Å². The molecule has 0 amide bonds. The number of nitrogens with zero attached hydrogens (tertiary/aromatic N) is 1. The summed E-state index contributed by atoms with van der Waals surface area (Å²) in [6.45, 7) is 3.24. The Hall–Kier alpha value is -1.63. The molecule has 2 unspecified atom stereocenters. The molecule has 1 rings (SSSR count). The molecule has 0 saturated carbocycles. The molecule has 0 aromatic heterocycles.